The molecule has 0 radical (unpaired) electrons. The van der Waals surface area contributed by atoms with E-state index >= 15 is 0 Å². The molecule has 5 heteroatoms. The average molecular weight is 247 g/mol. The van der Waals surface area contributed by atoms with Gasteiger partial charge in [-0.1, -0.05) is 6.07 Å². The van der Waals surface area contributed by atoms with Crippen LogP contribution >= 0.6 is 0 Å². The summed E-state index contributed by atoms with van der Waals surface area (Å²) in [6, 6.07) is 5.65. The summed E-state index contributed by atoms with van der Waals surface area (Å²) in [6.07, 6.45) is 0.0750. The molecule has 5 nitrogen and oxygen atoms in total. The summed E-state index contributed by atoms with van der Waals surface area (Å²) in [5, 5.41) is 9.00. The lowest BCUT2D eigenvalue weighted by atomic mass is 9.76. The molecule has 0 saturated carbocycles. The van der Waals surface area contributed by atoms with Crippen LogP contribution in [0.5, 0.6) is 0 Å². The zero-order valence-corrected chi connectivity index (χ0v) is 9.97. The number of aryl methyl sites for hydroxylation is 1. The van der Waals surface area contributed by atoms with Gasteiger partial charge in [-0.25, -0.2) is 4.98 Å². The molecule has 1 aromatic heterocycles. The molecule has 0 unspecified atom stereocenters. The highest BCUT2D eigenvalue weighted by Gasteiger charge is 2.42. The standard InChI is InChI=1S/C13H13NO4/c1-8-14-10-3-2-9(4-11(10)18-8)13(5-12(15)16)6-17-7-13/h2-4H,5-7H2,1H3,(H,15,16). The van der Waals surface area contributed by atoms with Crippen LogP contribution in [0.3, 0.4) is 0 Å². The Balaban J connectivity index is 2.04. The Kier molecular flexibility index (Phi) is 2.38. The number of benzene rings is 1. The number of ether oxygens (including phenoxy) is 1. The zero-order chi connectivity index (χ0) is 12.8. The molecule has 2 heterocycles. The average Bonchev–Trinajstić information content (AvgIpc) is 2.62. The summed E-state index contributed by atoms with van der Waals surface area (Å²) in [5.74, 6) is -0.202. The van der Waals surface area contributed by atoms with Crippen LogP contribution in [-0.4, -0.2) is 29.3 Å². The van der Waals surface area contributed by atoms with Crippen molar-refractivity contribution in [2.24, 2.45) is 0 Å². The minimum absolute atomic E-state index is 0.0750. The Morgan fingerprint density at radius 3 is 2.89 bits per heavy atom. The van der Waals surface area contributed by atoms with Crippen molar-refractivity contribution in [3.8, 4) is 0 Å². The molecule has 1 saturated heterocycles. The summed E-state index contributed by atoms with van der Waals surface area (Å²) in [6.45, 7) is 2.68. The molecule has 1 N–H and O–H groups in total. The Bertz CT molecular complexity index is 612. The van der Waals surface area contributed by atoms with Gasteiger partial charge >= 0.3 is 5.97 Å². The molecular formula is C13H13NO4. The minimum Gasteiger partial charge on any atom is -0.481 e. The third-order valence-electron chi connectivity index (χ3n) is 3.35. The molecule has 1 aromatic carbocycles. The Morgan fingerprint density at radius 2 is 2.28 bits per heavy atom. The maximum Gasteiger partial charge on any atom is 0.304 e. The lowest BCUT2D eigenvalue weighted by Crippen LogP contribution is -2.48. The van der Waals surface area contributed by atoms with Gasteiger partial charge in [-0.15, -0.1) is 0 Å². The van der Waals surface area contributed by atoms with Crippen LogP contribution in [0.4, 0.5) is 0 Å². The number of hydrogen-bond donors (Lipinski definition) is 1. The van der Waals surface area contributed by atoms with Gasteiger partial charge in [0.25, 0.3) is 0 Å². The molecule has 3 rings (SSSR count). The summed E-state index contributed by atoms with van der Waals surface area (Å²) in [7, 11) is 0. The van der Waals surface area contributed by atoms with E-state index in [2.05, 4.69) is 4.98 Å². The second-order valence-corrected chi connectivity index (χ2v) is 4.76. The monoisotopic (exact) mass is 247 g/mol. The maximum atomic E-state index is 11.0. The molecule has 1 fully saturated rings. The fourth-order valence-electron chi connectivity index (χ4n) is 2.38. The molecule has 1 aliphatic rings. The third-order valence-corrected chi connectivity index (χ3v) is 3.35. The highest BCUT2D eigenvalue weighted by molar-refractivity contribution is 5.75. The number of nitrogens with zero attached hydrogens (tertiary/aromatic N) is 1. The van der Waals surface area contributed by atoms with Crippen molar-refractivity contribution in [2.75, 3.05) is 13.2 Å². The molecule has 0 spiro atoms. The van der Waals surface area contributed by atoms with Crippen molar-refractivity contribution >= 4 is 17.1 Å². The van der Waals surface area contributed by atoms with Gasteiger partial charge in [0, 0.05) is 6.92 Å². The minimum atomic E-state index is -0.813. The van der Waals surface area contributed by atoms with E-state index in [1.54, 1.807) is 6.92 Å². The number of aromatic nitrogens is 1. The second kappa shape index (κ2) is 3.81. The molecule has 0 atom stereocenters. The lowest BCUT2D eigenvalue weighted by molar-refractivity contribution is -0.145. The van der Waals surface area contributed by atoms with Gasteiger partial charge in [0.2, 0.25) is 0 Å². The van der Waals surface area contributed by atoms with E-state index in [-0.39, 0.29) is 6.42 Å². The first-order valence-electron chi connectivity index (χ1n) is 5.76. The van der Waals surface area contributed by atoms with Gasteiger partial charge in [0.15, 0.2) is 11.5 Å². The molecule has 94 valence electrons. The van der Waals surface area contributed by atoms with Crippen LogP contribution in [0.2, 0.25) is 0 Å². The third kappa shape index (κ3) is 1.67. The summed E-state index contributed by atoms with van der Waals surface area (Å²) < 4.78 is 10.7. The Hall–Kier alpha value is -1.88. The van der Waals surface area contributed by atoms with E-state index in [0.717, 1.165) is 11.1 Å². The first-order chi connectivity index (χ1) is 8.59. The van der Waals surface area contributed by atoms with E-state index in [9.17, 15) is 4.79 Å². The van der Waals surface area contributed by atoms with Crippen molar-refractivity contribution in [3.63, 3.8) is 0 Å². The second-order valence-electron chi connectivity index (χ2n) is 4.76. The highest BCUT2D eigenvalue weighted by atomic mass is 16.5. The van der Waals surface area contributed by atoms with Gasteiger partial charge < -0.3 is 14.3 Å². The van der Waals surface area contributed by atoms with Crippen LogP contribution in [0.15, 0.2) is 22.6 Å². The van der Waals surface area contributed by atoms with Crippen LogP contribution in [0.1, 0.15) is 17.9 Å². The van der Waals surface area contributed by atoms with Gasteiger partial charge in [0.1, 0.15) is 5.52 Å². The molecule has 1 aliphatic heterocycles. The number of rotatable bonds is 3. The lowest BCUT2D eigenvalue weighted by Gasteiger charge is -2.40. The van der Waals surface area contributed by atoms with Crippen LogP contribution < -0.4 is 0 Å². The number of carbonyl (C=O) groups is 1. The van der Waals surface area contributed by atoms with Crippen molar-refractivity contribution in [2.45, 2.75) is 18.8 Å². The summed E-state index contributed by atoms with van der Waals surface area (Å²) in [5.41, 5.74) is 2.02. The number of fused-ring (bicyclic) bond motifs is 1. The molecule has 18 heavy (non-hydrogen) atoms. The van der Waals surface area contributed by atoms with Crippen molar-refractivity contribution in [3.05, 3.63) is 29.7 Å². The quantitative estimate of drug-likeness (QED) is 0.896. The molecule has 0 aliphatic carbocycles. The van der Waals surface area contributed by atoms with Crippen LogP contribution in [0.25, 0.3) is 11.1 Å². The SMILES string of the molecule is Cc1nc2ccc(C3(CC(=O)O)COC3)cc2o1. The molecule has 2 aromatic rings. The van der Waals surface area contributed by atoms with Crippen LogP contribution in [0, 0.1) is 6.92 Å². The number of oxazole rings is 1. The van der Waals surface area contributed by atoms with Gasteiger partial charge in [-0.3, -0.25) is 4.79 Å². The topological polar surface area (TPSA) is 72.6 Å². The number of carboxylic acids is 1. The maximum absolute atomic E-state index is 11.0. The van der Waals surface area contributed by atoms with E-state index in [0.29, 0.717) is 24.7 Å². The van der Waals surface area contributed by atoms with Crippen molar-refractivity contribution < 1.29 is 19.1 Å². The van der Waals surface area contributed by atoms with Crippen molar-refractivity contribution in [1.82, 2.24) is 4.98 Å². The van der Waals surface area contributed by atoms with E-state index in [1.807, 2.05) is 18.2 Å². The van der Waals surface area contributed by atoms with Crippen molar-refractivity contribution in [1.29, 1.82) is 0 Å². The first-order valence-corrected chi connectivity index (χ1v) is 5.76. The number of carboxylic acid groups (broad SMARTS) is 1. The number of aliphatic carboxylic acids is 1. The van der Waals surface area contributed by atoms with Gasteiger partial charge in [-0.2, -0.15) is 0 Å². The predicted octanol–water partition coefficient (Wildman–Crippen LogP) is 1.88. The summed E-state index contributed by atoms with van der Waals surface area (Å²) in [4.78, 5) is 15.2. The highest BCUT2D eigenvalue weighted by Crippen LogP contribution is 2.37. The predicted molar refractivity (Wildman–Crippen MR) is 63.5 cm³/mol. The van der Waals surface area contributed by atoms with Gasteiger partial charge in [0.05, 0.1) is 25.0 Å². The normalized spacial score (nSPS) is 17.6. The first kappa shape index (κ1) is 11.2. The van der Waals surface area contributed by atoms with E-state index in [1.165, 1.54) is 0 Å². The van der Waals surface area contributed by atoms with Gasteiger partial charge in [-0.05, 0) is 17.7 Å². The molecular weight excluding hydrogens is 234 g/mol. The van der Waals surface area contributed by atoms with E-state index in [4.69, 9.17) is 14.3 Å². The van der Waals surface area contributed by atoms with E-state index < -0.39 is 11.4 Å². The fourth-order valence-corrected chi connectivity index (χ4v) is 2.38. The smallest absolute Gasteiger partial charge is 0.304 e. The largest absolute Gasteiger partial charge is 0.481 e. The Labute approximate surface area is 103 Å². The number of hydrogen-bond acceptors (Lipinski definition) is 4. The Morgan fingerprint density at radius 1 is 1.50 bits per heavy atom. The van der Waals surface area contributed by atoms with Crippen LogP contribution in [-0.2, 0) is 14.9 Å². The zero-order valence-electron chi connectivity index (χ0n) is 9.97. The molecule has 0 amide bonds. The summed E-state index contributed by atoms with van der Waals surface area (Å²) >= 11 is 0. The fraction of sp³-hybridized carbons (Fsp3) is 0.385. The molecule has 0 bridgehead atoms.